The lowest BCUT2D eigenvalue weighted by atomic mass is 9.88. The van der Waals surface area contributed by atoms with Gasteiger partial charge in [-0.25, -0.2) is 4.79 Å². The lowest BCUT2D eigenvalue weighted by Crippen LogP contribution is -2.57. The molecular formula is C27H37ClN8O4. The average molecular weight is 573 g/mol. The molecule has 0 radical (unpaired) electrons. The minimum atomic E-state index is -0.598. The first-order valence-corrected chi connectivity index (χ1v) is 13.7. The summed E-state index contributed by atoms with van der Waals surface area (Å²) in [6.45, 7) is 14.4. The van der Waals surface area contributed by atoms with E-state index in [4.69, 9.17) is 26.3 Å². The van der Waals surface area contributed by atoms with Gasteiger partial charge in [-0.1, -0.05) is 25.4 Å². The van der Waals surface area contributed by atoms with Crippen molar-refractivity contribution in [2.45, 2.75) is 91.0 Å². The number of aromatic nitrogens is 4. The van der Waals surface area contributed by atoms with Gasteiger partial charge >= 0.3 is 6.09 Å². The number of carbonyl (C=O) groups excluding carboxylic acids is 1. The van der Waals surface area contributed by atoms with Gasteiger partial charge in [0.05, 0.1) is 11.1 Å². The molecule has 0 saturated carbocycles. The Bertz CT molecular complexity index is 1420. The molecule has 2 aromatic heterocycles. The fourth-order valence-electron chi connectivity index (χ4n) is 4.63. The standard InChI is InChI=1S/C27H37ClN8O4/c1-16(2)20-14-30-35-22(20)32-23(33-24(35)29-13-17-12-19(36(38)39)8-9-21(17)28)31-18-10-11-27(6,7)34(15-18)25(37)40-26(3,4)5/h8-9,12,14,16,18H,10-11,13,15H2,1-7H3,(H2,29,31,32,33)/t18-/m0/s1. The first-order valence-electron chi connectivity index (χ1n) is 13.3. The van der Waals surface area contributed by atoms with Gasteiger partial charge in [-0.3, -0.25) is 10.1 Å². The van der Waals surface area contributed by atoms with Crippen molar-refractivity contribution in [2.75, 3.05) is 17.2 Å². The van der Waals surface area contributed by atoms with Gasteiger partial charge in [-0.15, -0.1) is 0 Å². The minimum absolute atomic E-state index is 0.0488. The maximum Gasteiger partial charge on any atom is 0.410 e. The Labute approximate surface area is 238 Å². The molecule has 1 aliphatic heterocycles. The zero-order chi connectivity index (χ0) is 29.4. The number of hydrogen-bond acceptors (Lipinski definition) is 9. The minimum Gasteiger partial charge on any atom is -0.444 e. The summed E-state index contributed by atoms with van der Waals surface area (Å²) in [5.41, 5.74) is 1.14. The van der Waals surface area contributed by atoms with Crippen LogP contribution in [0, 0.1) is 10.1 Å². The molecule has 1 aliphatic rings. The molecule has 1 aromatic carbocycles. The number of carbonyl (C=O) groups is 1. The number of rotatable bonds is 7. The van der Waals surface area contributed by atoms with Gasteiger partial charge in [0.25, 0.3) is 5.69 Å². The van der Waals surface area contributed by atoms with E-state index in [1.54, 1.807) is 15.6 Å². The fraction of sp³-hybridized carbons (Fsp3) is 0.556. The third-order valence-electron chi connectivity index (χ3n) is 6.88. The number of halogens is 1. The monoisotopic (exact) mass is 572 g/mol. The van der Waals surface area contributed by atoms with E-state index in [-0.39, 0.29) is 35.8 Å². The molecule has 0 bridgehead atoms. The molecule has 3 heterocycles. The van der Waals surface area contributed by atoms with Crippen molar-refractivity contribution in [3.63, 3.8) is 0 Å². The molecule has 3 aromatic rings. The molecular weight excluding hydrogens is 536 g/mol. The largest absolute Gasteiger partial charge is 0.444 e. The number of nitro benzene ring substituents is 1. The van der Waals surface area contributed by atoms with Crippen LogP contribution >= 0.6 is 11.6 Å². The molecule has 0 spiro atoms. The maximum absolute atomic E-state index is 13.0. The number of hydrogen-bond donors (Lipinski definition) is 2. The van der Waals surface area contributed by atoms with Crippen LogP contribution in [-0.2, 0) is 11.3 Å². The number of piperidine rings is 1. The molecule has 1 amide bonds. The number of nitrogens with one attached hydrogen (secondary N) is 2. The van der Waals surface area contributed by atoms with Crippen LogP contribution in [0.2, 0.25) is 5.02 Å². The molecule has 2 N–H and O–H groups in total. The van der Waals surface area contributed by atoms with Gasteiger partial charge in [0.1, 0.15) is 5.60 Å². The van der Waals surface area contributed by atoms with Gasteiger partial charge in [-0.2, -0.15) is 19.6 Å². The Kier molecular flexibility index (Phi) is 8.11. The molecule has 0 unspecified atom stereocenters. The molecule has 40 heavy (non-hydrogen) atoms. The van der Waals surface area contributed by atoms with E-state index in [1.165, 1.54) is 18.2 Å². The van der Waals surface area contributed by atoms with Crippen molar-refractivity contribution in [3.05, 3.63) is 50.7 Å². The van der Waals surface area contributed by atoms with E-state index in [2.05, 4.69) is 29.6 Å². The van der Waals surface area contributed by atoms with E-state index in [9.17, 15) is 14.9 Å². The van der Waals surface area contributed by atoms with Gasteiger partial charge in [0.2, 0.25) is 11.9 Å². The average Bonchev–Trinajstić information content (AvgIpc) is 3.27. The molecule has 216 valence electrons. The predicted molar refractivity (Wildman–Crippen MR) is 154 cm³/mol. The van der Waals surface area contributed by atoms with Crippen LogP contribution in [0.1, 0.15) is 78.4 Å². The molecule has 1 saturated heterocycles. The Morgan fingerprint density at radius 3 is 2.67 bits per heavy atom. The van der Waals surface area contributed by atoms with E-state index in [0.29, 0.717) is 34.7 Å². The van der Waals surface area contributed by atoms with Crippen LogP contribution in [0.4, 0.5) is 22.4 Å². The number of nitrogens with zero attached hydrogens (tertiary/aromatic N) is 6. The van der Waals surface area contributed by atoms with E-state index in [0.717, 1.165) is 18.4 Å². The van der Waals surface area contributed by atoms with Crippen LogP contribution in [0.3, 0.4) is 0 Å². The Balaban J connectivity index is 1.62. The summed E-state index contributed by atoms with van der Waals surface area (Å²) in [6.07, 6.45) is 2.99. The number of amides is 1. The smallest absolute Gasteiger partial charge is 0.410 e. The van der Waals surface area contributed by atoms with Crippen molar-refractivity contribution >= 4 is 40.9 Å². The highest BCUT2D eigenvalue weighted by molar-refractivity contribution is 6.31. The number of nitro groups is 1. The quantitative estimate of drug-likeness (QED) is 0.257. The highest BCUT2D eigenvalue weighted by atomic mass is 35.5. The third kappa shape index (κ3) is 6.55. The topological polar surface area (TPSA) is 140 Å². The molecule has 4 rings (SSSR count). The summed E-state index contributed by atoms with van der Waals surface area (Å²) >= 11 is 6.32. The van der Waals surface area contributed by atoms with E-state index < -0.39 is 10.5 Å². The lowest BCUT2D eigenvalue weighted by Gasteiger charge is -2.45. The lowest BCUT2D eigenvalue weighted by molar-refractivity contribution is -0.384. The van der Waals surface area contributed by atoms with Crippen molar-refractivity contribution in [3.8, 4) is 0 Å². The second kappa shape index (κ2) is 11.1. The van der Waals surface area contributed by atoms with E-state index >= 15 is 0 Å². The van der Waals surface area contributed by atoms with Gasteiger partial charge in [-0.05, 0) is 65.0 Å². The Morgan fingerprint density at radius 1 is 1.30 bits per heavy atom. The predicted octanol–water partition coefficient (Wildman–Crippen LogP) is 6.01. The van der Waals surface area contributed by atoms with Crippen LogP contribution in [0.25, 0.3) is 5.65 Å². The third-order valence-corrected chi connectivity index (χ3v) is 7.25. The first-order chi connectivity index (χ1) is 18.6. The summed E-state index contributed by atoms with van der Waals surface area (Å²) in [5, 5.41) is 22.8. The number of ether oxygens (including phenoxy) is 1. The van der Waals surface area contributed by atoms with Crippen LogP contribution < -0.4 is 10.6 Å². The van der Waals surface area contributed by atoms with Gasteiger partial charge in [0, 0.05) is 47.4 Å². The van der Waals surface area contributed by atoms with Crippen LogP contribution in [0.15, 0.2) is 24.4 Å². The summed E-state index contributed by atoms with van der Waals surface area (Å²) in [7, 11) is 0. The second-order valence-corrected chi connectivity index (χ2v) is 12.4. The molecule has 0 aliphatic carbocycles. The number of anilines is 2. The molecule has 12 nitrogen and oxygen atoms in total. The van der Waals surface area contributed by atoms with Crippen molar-refractivity contribution in [2.24, 2.45) is 0 Å². The SMILES string of the molecule is CC(C)c1cnn2c(NCc3cc([N+](=O)[O-])ccc3Cl)nc(N[C@H]3CCC(C)(C)N(C(=O)OC(C)(C)C)C3)nc12. The normalized spacial score (nSPS) is 17.2. The highest BCUT2D eigenvalue weighted by Crippen LogP contribution is 2.31. The zero-order valence-corrected chi connectivity index (χ0v) is 24.7. The van der Waals surface area contributed by atoms with Crippen LogP contribution in [-0.4, -0.2) is 59.2 Å². The second-order valence-electron chi connectivity index (χ2n) is 12.0. The molecule has 1 fully saturated rings. The Morgan fingerprint density at radius 2 is 2.02 bits per heavy atom. The fourth-order valence-corrected chi connectivity index (χ4v) is 4.81. The van der Waals surface area contributed by atoms with E-state index in [1.807, 2.05) is 34.6 Å². The summed E-state index contributed by atoms with van der Waals surface area (Å²) < 4.78 is 7.29. The number of non-ortho nitro benzene ring substituents is 1. The van der Waals surface area contributed by atoms with Crippen LogP contribution in [0.5, 0.6) is 0 Å². The van der Waals surface area contributed by atoms with Crippen molar-refractivity contribution < 1.29 is 14.5 Å². The summed E-state index contributed by atoms with van der Waals surface area (Å²) in [6, 6.07) is 4.20. The Hall–Kier alpha value is -3.67. The van der Waals surface area contributed by atoms with Gasteiger partial charge < -0.3 is 20.3 Å². The number of benzene rings is 1. The number of fused-ring (bicyclic) bond motifs is 1. The zero-order valence-electron chi connectivity index (χ0n) is 24.0. The summed E-state index contributed by atoms with van der Waals surface area (Å²) in [5.74, 6) is 0.955. The maximum atomic E-state index is 13.0. The van der Waals surface area contributed by atoms with Crippen molar-refractivity contribution in [1.29, 1.82) is 0 Å². The summed E-state index contributed by atoms with van der Waals surface area (Å²) in [4.78, 5) is 35.0. The number of likely N-dealkylation sites (tertiary alicyclic amines) is 1. The van der Waals surface area contributed by atoms with Gasteiger partial charge in [0.15, 0.2) is 5.65 Å². The van der Waals surface area contributed by atoms with Crippen molar-refractivity contribution in [1.82, 2.24) is 24.5 Å². The molecule has 1 atom stereocenters. The first kappa shape index (κ1) is 29.3. The highest BCUT2D eigenvalue weighted by Gasteiger charge is 2.39. The molecule has 13 heteroatoms.